The van der Waals surface area contributed by atoms with Gasteiger partial charge in [0.2, 0.25) is 5.91 Å². The molecule has 0 aliphatic carbocycles. The molecule has 1 atom stereocenters. The molecule has 0 spiro atoms. The van der Waals surface area contributed by atoms with Gasteiger partial charge in [0.1, 0.15) is 12.7 Å². The van der Waals surface area contributed by atoms with E-state index < -0.39 is 0 Å². The average Bonchev–Trinajstić information content (AvgIpc) is 2.98. The van der Waals surface area contributed by atoms with Gasteiger partial charge in [0, 0.05) is 6.54 Å². The fraction of sp³-hybridized carbons (Fsp3) is 0.357. The molecule has 0 aliphatic rings. The highest BCUT2D eigenvalue weighted by Gasteiger charge is 2.11. The van der Waals surface area contributed by atoms with Crippen LogP contribution >= 0.6 is 11.8 Å². The maximum atomic E-state index is 11.8. The van der Waals surface area contributed by atoms with Crippen LogP contribution in [0.1, 0.15) is 18.1 Å². The predicted octanol–water partition coefficient (Wildman–Crippen LogP) is 1.69. The highest BCUT2D eigenvalue weighted by atomic mass is 32.2. The topological polar surface area (TPSA) is 59.8 Å². The van der Waals surface area contributed by atoms with Crippen LogP contribution in [0.4, 0.5) is 0 Å². The quantitative estimate of drug-likeness (QED) is 0.879. The molecule has 106 valence electrons. The van der Waals surface area contributed by atoms with Gasteiger partial charge in [-0.1, -0.05) is 24.3 Å². The number of hydrogen-bond acceptors (Lipinski definition) is 4. The zero-order valence-corrected chi connectivity index (χ0v) is 12.4. The molecule has 1 aromatic heterocycles. The third-order valence-corrected chi connectivity index (χ3v) is 4.01. The van der Waals surface area contributed by atoms with Gasteiger partial charge in [-0.25, -0.2) is 9.67 Å². The van der Waals surface area contributed by atoms with Gasteiger partial charge in [-0.3, -0.25) is 4.79 Å². The number of thioether (sulfide) groups is 1. The number of nitrogens with one attached hydrogen (secondary N) is 1. The maximum Gasteiger partial charge on any atom is 0.233 e. The number of benzene rings is 1. The molecule has 0 saturated heterocycles. The van der Waals surface area contributed by atoms with E-state index in [0.29, 0.717) is 13.1 Å². The molecule has 0 fully saturated rings. The lowest BCUT2D eigenvalue weighted by molar-refractivity contribution is -0.120. The lowest BCUT2D eigenvalue weighted by Gasteiger charge is -2.12. The van der Waals surface area contributed by atoms with E-state index in [9.17, 15) is 4.79 Å². The number of amides is 1. The van der Waals surface area contributed by atoms with Crippen LogP contribution in [0.5, 0.6) is 0 Å². The van der Waals surface area contributed by atoms with Crippen molar-refractivity contribution in [2.45, 2.75) is 25.3 Å². The Morgan fingerprint density at radius 2 is 2.15 bits per heavy atom. The summed E-state index contributed by atoms with van der Waals surface area (Å²) in [6.45, 7) is 3.10. The maximum absolute atomic E-state index is 11.8. The number of aromatic nitrogens is 3. The molecule has 5 nitrogen and oxygen atoms in total. The van der Waals surface area contributed by atoms with Crippen molar-refractivity contribution >= 4 is 17.7 Å². The fourth-order valence-corrected chi connectivity index (χ4v) is 2.10. The molecule has 0 bridgehead atoms. The number of hydrogen-bond donors (Lipinski definition) is 1. The van der Waals surface area contributed by atoms with Gasteiger partial charge in [-0.05, 0) is 24.3 Å². The van der Waals surface area contributed by atoms with Crippen molar-refractivity contribution in [2.75, 3.05) is 6.26 Å². The van der Waals surface area contributed by atoms with Crippen molar-refractivity contribution in [3.8, 4) is 0 Å². The second kappa shape index (κ2) is 7.09. The van der Waals surface area contributed by atoms with Crippen LogP contribution in [0, 0.1) is 0 Å². The minimum Gasteiger partial charge on any atom is -0.351 e. The van der Waals surface area contributed by atoms with E-state index in [1.165, 1.54) is 6.33 Å². The monoisotopic (exact) mass is 290 g/mol. The van der Waals surface area contributed by atoms with Crippen LogP contribution < -0.4 is 5.32 Å². The molecular weight excluding hydrogens is 272 g/mol. The third-order valence-electron chi connectivity index (χ3n) is 3.09. The third kappa shape index (κ3) is 3.84. The summed E-state index contributed by atoms with van der Waals surface area (Å²) in [4.78, 5) is 15.8. The van der Waals surface area contributed by atoms with E-state index in [1.807, 2.05) is 37.4 Å². The summed E-state index contributed by atoms with van der Waals surface area (Å²) in [6, 6.07) is 8.03. The van der Waals surface area contributed by atoms with Crippen LogP contribution in [-0.2, 0) is 17.9 Å². The first-order valence-corrected chi connectivity index (χ1v) is 7.69. The summed E-state index contributed by atoms with van der Waals surface area (Å²) < 4.78 is 1.77. The van der Waals surface area contributed by atoms with Gasteiger partial charge >= 0.3 is 0 Å². The number of carbonyl (C=O) groups excluding carboxylic acids is 1. The molecule has 0 saturated carbocycles. The summed E-state index contributed by atoms with van der Waals surface area (Å²) in [7, 11) is 0. The van der Waals surface area contributed by atoms with Crippen molar-refractivity contribution in [3.05, 3.63) is 48.0 Å². The molecule has 1 aromatic carbocycles. The van der Waals surface area contributed by atoms with Gasteiger partial charge in [-0.15, -0.1) is 0 Å². The fourth-order valence-electron chi connectivity index (χ4n) is 1.81. The first-order chi connectivity index (χ1) is 9.70. The molecule has 2 aromatic rings. The average molecular weight is 290 g/mol. The van der Waals surface area contributed by atoms with Crippen LogP contribution in [0.2, 0.25) is 0 Å². The molecule has 1 amide bonds. The number of carbonyl (C=O) groups is 1. The second-order valence-corrected chi connectivity index (χ2v) is 5.64. The highest BCUT2D eigenvalue weighted by molar-refractivity contribution is 7.99. The Kier molecular flexibility index (Phi) is 5.17. The van der Waals surface area contributed by atoms with Gasteiger partial charge in [0.25, 0.3) is 0 Å². The second-order valence-electron chi connectivity index (χ2n) is 4.46. The van der Waals surface area contributed by atoms with Gasteiger partial charge in [0.15, 0.2) is 0 Å². The normalized spacial score (nSPS) is 12.1. The molecule has 0 radical (unpaired) electrons. The minimum atomic E-state index is -0.0301. The van der Waals surface area contributed by atoms with Crippen molar-refractivity contribution in [2.24, 2.45) is 0 Å². The number of rotatable bonds is 6. The molecule has 2 rings (SSSR count). The molecule has 0 aliphatic heterocycles. The zero-order chi connectivity index (χ0) is 14.4. The SMILES string of the molecule is CS[C@@H](C)C(=O)NCc1ccccc1Cn1cncn1. The van der Waals surface area contributed by atoms with E-state index in [4.69, 9.17) is 0 Å². The Morgan fingerprint density at radius 1 is 1.40 bits per heavy atom. The number of nitrogens with zero attached hydrogens (tertiary/aromatic N) is 3. The van der Waals surface area contributed by atoms with E-state index in [-0.39, 0.29) is 11.2 Å². The van der Waals surface area contributed by atoms with Gasteiger partial charge < -0.3 is 5.32 Å². The van der Waals surface area contributed by atoms with Crippen molar-refractivity contribution in [3.63, 3.8) is 0 Å². The summed E-state index contributed by atoms with van der Waals surface area (Å²) in [5.41, 5.74) is 2.24. The molecule has 1 heterocycles. The Balaban J connectivity index is 2.03. The van der Waals surface area contributed by atoms with Crippen LogP contribution in [-0.4, -0.2) is 32.2 Å². The van der Waals surface area contributed by atoms with Crippen molar-refractivity contribution in [1.29, 1.82) is 0 Å². The van der Waals surface area contributed by atoms with Crippen molar-refractivity contribution < 1.29 is 4.79 Å². The smallest absolute Gasteiger partial charge is 0.233 e. The lowest BCUT2D eigenvalue weighted by Crippen LogP contribution is -2.30. The van der Waals surface area contributed by atoms with Gasteiger partial charge in [0.05, 0.1) is 11.8 Å². The van der Waals surface area contributed by atoms with Crippen LogP contribution in [0.15, 0.2) is 36.9 Å². The Bertz CT molecular complexity index is 556. The highest BCUT2D eigenvalue weighted by Crippen LogP contribution is 2.11. The molecular formula is C14H18N4OS. The van der Waals surface area contributed by atoms with Crippen LogP contribution in [0.25, 0.3) is 0 Å². The molecule has 1 N–H and O–H groups in total. The summed E-state index contributed by atoms with van der Waals surface area (Å²) >= 11 is 1.54. The Morgan fingerprint density at radius 3 is 2.80 bits per heavy atom. The first kappa shape index (κ1) is 14.6. The predicted molar refractivity (Wildman–Crippen MR) is 80.4 cm³/mol. The largest absolute Gasteiger partial charge is 0.351 e. The first-order valence-electron chi connectivity index (χ1n) is 6.40. The van der Waals surface area contributed by atoms with E-state index in [1.54, 1.807) is 22.8 Å². The lowest BCUT2D eigenvalue weighted by atomic mass is 10.1. The Labute approximate surface area is 122 Å². The Hall–Kier alpha value is -1.82. The molecule has 6 heteroatoms. The minimum absolute atomic E-state index is 0.0301. The van der Waals surface area contributed by atoms with E-state index in [2.05, 4.69) is 15.4 Å². The molecule has 20 heavy (non-hydrogen) atoms. The summed E-state index contributed by atoms with van der Waals surface area (Å²) in [6.07, 6.45) is 5.14. The summed E-state index contributed by atoms with van der Waals surface area (Å²) in [5, 5.41) is 7.04. The van der Waals surface area contributed by atoms with Crippen LogP contribution in [0.3, 0.4) is 0 Å². The van der Waals surface area contributed by atoms with Crippen molar-refractivity contribution in [1.82, 2.24) is 20.1 Å². The van der Waals surface area contributed by atoms with Gasteiger partial charge in [-0.2, -0.15) is 16.9 Å². The summed E-state index contributed by atoms with van der Waals surface area (Å²) in [5.74, 6) is 0.0630. The van der Waals surface area contributed by atoms with E-state index in [0.717, 1.165) is 11.1 Å². The zero-order valence-electron chi connectivity index (χ0n) is 11.6. The van der Waals surface area contributed by atoms with E-state index >= 15 is 0 Å². The standard InChI is InChI=1S/C14H18N4OS/c1-11(20-2)14(19)16-7-12-5-3-4-6-13(12)8-18-10-15-9-17-18/h3-6,9-11H,7-8H2,1-2H3,(H,16,19)/t11-/m0/s1. The molecule has 0 unspecified atom stereocenters.